The standard InChI is InChI=1S/C13H19N3O/c1-17-13-6-12(7-14-8-13)16-5-4-10-2-3-11(9-16)15-10/h6-8,10-11,15H,2-5,9H2,1H3/t10-,11+/m0/s1. The van der Waals surface area contributed by atoms with Gasteiger partial charge in [0.05, 0.1) is 25.2 Å². The molecule has 0 aromatic carbocycles. The first-order valence-corrected chi connectivity index (χ1v) is 6.35. The third-order valence-corrected chi connectivity index (χ3v) is 3.82. The number of hydrogen-bond donors (Lipinski definition) is 1. The topological polar surface area (TPSA) is 37.4 Å². The van der Waals surface area contributed by atoms with E-state index < -0.39 is 0 Å². The number of pyridine rings is 1. The SMILES string of the molecule is COc1cncc(N2CC[C@@H]3CC[C@H](C2)N3)c1. The molecule has 1 aromatic heterocycles. The van der Waals surface area contributed by atoms with Crippen LogP contribution < -0.4 is 15.0 Å². The number of anilines is 1. The number of fused-ring (bicyclic) bond motifs is 2. The summed E-state index contributed by atoms with van der Waals surface area (Å²) in [5, 5.41) is 3.69. The second-order valence-electron chi connectivity index (χ2n) is 4.96. The van der Waals surface area contributed by atoms with E-state index in [0.29, 0.717) is 6.04 Å². The van der Waals surface area contributed by atoms with E-state index in [1.807, 2.05) is 6.20 Å². The molecule has 0 saturated carbocycles. The molecule has 3 heterocycles. The van der Waals surface area contributed by atoms with Crippen LogP contribution in [0.5, 0.6) is 5.75 Å². The molecule has 4 heteroatoms. The van der Waals surface area contributed by atoms with Gasteiger partial charge in [0.25, 0.3) is 0 Å². The lowest BCUT2D eigenvalue weighted by molar-refractivity contribution is 0.413. The van der Waals surface area contributed by atoms with E-state index in [1.54, 1.807) is 13.3 Å². The Hall–Kier alpha value is -1.29. The molecule has 0 radical (unpaired) electrons. The predicted molar refractivity (Wildman–Crippen MR) is 67.6 cm³/mol. The Balaban J connectivity index is 1.78. The van der Waals surface area contributed by atoms with Crippen LogP contribution in [0, 0.1) is 0 Å². The van der Waals surface area contributed by atoms with Gasteiger partial charge in [-0.05, 0) is 19.3 Å². The highest BCUT2D eigenvalue weighted by atomic mass is 16.5. The van der Waals surface area contributed by atoms with E-state index in [0.717, 1.165) is 24.9 Å². The van der Waals surface area contributed by atoms with Crippen molar-refractivity contribution < 1.29 is 4.74 Å². The zero-order valence-corrected chi connectivity index (χ0v) is 10.2. The fourth-order valence-corrected chi connectivity index (χ4v) is 2.87. The molecular weight excluding hydrogens is 214 g/mol. The van der Waals surface area contributed by atoms with Crippen molar-refractivity contribution in [3.05, 3.63) is 18.5 Å². The molecule has 2 bridgehead atoms. The lowest BCUT2D eigenvalue weighted by Gasteiger charge is -2.26. The summed E-state index contributed by atoms with van der Waals surface area (Å²) in [6, 6.07) is 3.45. The van der Waals surface area contributed by atoms with E-state index in [4.69, 9.17) is 4.74 Å². The highest BCUT2D eigenvalue weighted by molar-refractivity contribution is 5.48. The lowest BCUT2D eigenvalue weighted by atomic mass is 10.1. The Morgan fingerprint density at radius 3 is 3.06 bits per heavy atom. The summed E-state index contributed by atoms with van der Waals surface area (Å²) in [7, 11) is 1.69. The van der Waals surface area contributed by atoms with Crippen molar-refractivity contribution in [2.75, 3.05) is 25.1 Å². The van der Waals surface area contributed by atoms with Gasteiger partial charge in [-0.25, -0.2) is 0 Å². The van der Waals surface area contributed by atoms with Crippen LogP contribution in [-0.4, -0.2) is 37.3 Å². The molecule has 0 amide bonds. The monoisotopic (exact) mass is 233 g/mol. The molecule has 0 aliphatic carbocycles. The van der Waals surface area contributed by atoms with Crippen LogP contribution in [0.2, 0.25) is 0 Å². The first-order valence-electron chi connectivity index (χ1n) is 6.35. The number of ether oxygens (including phenoxy) is 1. The second kappa shape index (κ2) is 4.53. The fourth-order valence-electron chi connectivity index (χ4n) is 2.87. The molecule has 92 valence electrons. The van der Waals surface area contributed by atoms with Gasteiger partial charge in [0.15, 0.2) is 0 Å². The summed E-state index contributed by atoms with van der Waals surface area (Å²) in [6.45, 7) is 2.20. The summed E-state index contributed by atoms with van der Waals surface area (Å²) in [6.07, 6.45) is 7.56. The van der Waals surface area contributed by atoms with Crippen LogP contribution in [0.4, 0.5) is 5.69 Å². The van der Waals surface area contributed by atoms with Crippen LogP contribution in [-0.2, 0) is 0 Å². The molecule has 1 aromatic rings. The van der Waals surface area contributed by atoms with Crippen molar-refractivity contribution in [1.82, 2.24) is 10.3 Å². The third kappa shape index (κ3) is 2.22. The molecule has 0 unspecified atom stereocenters. The number of rotatable bonds is 2. The first kappa shape index (κ1) is 10.8. The summed E-state index contributed by atoms with van der Waals surface area (Å²) in [5.41, 5.74) is 1.18. The Labute approximate surface area is 102 Å². The highest BCUT2D eigenvalue weighted by Gasteiger charge is 2.29. The van der Waals surface area contributed by atoms with Gasteiger partial charge in [-0.3, -0.25) is 4.98 Å². The van der Waals surface area contributed by atoms with Crippen molar-refractivity contribution in [3.63, 3.8) is 0 Å². The van der Waals surface area contributed by atoms with Crippen LogP contribution in [0.15, 0.2) is 18.5 Å². The number of nitrogens with zero attached hydrogens (tertiary/aromatic N) is 2. The van der Waals surface area contributed by atoms with Gasteiger partial charge in [-0.15, -0.1) is 0 Å². The molecule has 17 heavy (non-hydrogen) atoms. The highest BCUT2D eigenvalue weighted by Crippen LogP contribution is 2.25. The molecule has 2 fully saturated rings. The average molecular weight is 233 g/mol. The average Bonchev–Trinajstić information content (AvgIpc) is 2.69. The Bertz CT molecular complexity index is 396. The van der Waals surface area contributed by atoms with Crippen molar-refractivity contribution in [3.8, 4) is 5.75 Å². The summed E-state index contributed by atoms with van der Waals surface area (Å²) in [4.78, 5) is 6.66. The number of nitrogens with one attached hydrogen (secondary N) is 1. The maximum absolute atomic E-state index is 5.23. The predicted octanol–water partition coefficient (Wildman–Crippen LogP) is 1.42. The third-order valence-electron chi connectivity index (χ3n) is 3.82. The van der Waals surface area contributed by atoms with Gasteiger partial charge in [0.2, 0.25) is 0 Å². The zero-order valence-electron chi connectivity index (χ0n) is 10.2. The Morgan fingerprint density at radius 2 is 2.18 bits per heavy atom. The smallest absolute Gasteiger partial charge is 0.139 e. The molecule has 2 aliphatic heterocycles. The van der Waals surface area contributed by atoms with Crippen LogP contribution in [0.3, 0.4) is 0 Å². The van der Waals surface area contributed by atoms with Gasteiger partial charge in [-0.1, -0.05) is 0 Å². The van der Waals surface area contributed by atoms with Gasteiger partial charge < -0.3 is 15.0 Å². The van der Waals surface area contributed by atoms with Crippen LogP contribution in [0.1, 0.15) is 19.3 Å². The van der Waals surface area contributed by atoms with Crippen molar-refractivity contribution in [2.24, 2.45) is 0 Å². The van der Waals surface area contributed by atoms with E-state index >= 15 is 0 Å². The van der Waals surface area contributed by atoms with Gasteiger partial charge in [0.1, 0.15) is 5.75 Å². The first-order chi connectivity index (χ1) is 8.35. The Morgan fingerprint density at radius 1 is 1.29 bits per heavy atom. The minimum atomic E-state index is 0.647. The van der Waals surface area contributed by atoms with E-state index in [-0.39, 0.29) is 0 Å². The number of methoxy groups -OCH3 is 1. The molecule has 2 saturated heterocycles. The van der Waals surface area contributed by atoms with Gasteiger partial charge in [0, 0.05) is 31.2 Å². The molecule has 3 rings (SSSR count). The molecule has 2 aliphatic rings. The summed E-state index contributed by atoms with van der Waals surface area (Å²) < 4.78 is 5.23. The Kier molecular flexibility index (Phi) is 2.89. The molecule has 1 N–H and O–H groups in total. The van der Waals surface area contributed by atoms with Crippen LogP contribution in [0.25, 0.3) is 0 Å². The van der Waals surface area contributed by atoms with Crippen molar-refractivity contribution in [1.29, 1.82) is 0 Å². The van der Waals surface area contributed by atoms with Crippen molar-refractivity contribution in [2.45, 2.75) is 31.3 Å². The number of aromatic nitrogens is 1. The maximum atomic E-state index is 5.23. The van der Waals surface area contributed by atoms with E-state index in [2.05, 4.69) is 21.3 Å². The minimum absolute atomic E-state index is 0.647. The largest absolute Gasteiger partial charge is 0.495 e. The number of hydrogen-bond acceptors (Lipinski definition) is 4. The molecule has 2 atom stereocenters. The van der Waals surface area contributed by atoms with Gasteiger partial charge in [-0.2, -0.15) is 0 Å². The second-order valence-corrected chi connectivity index (χ2v) is 4.96. The van der Waals surface area contributed by atoms with E-state index in [9.17, 15) is 0 Å². The lowest BCUT2D eigenvalue weighted by Crippen LogP contribution is -2.35. The maximum Gasteiger partial charge on any atom is 0.139 e. The molecule has 4 nitrogen and oxygen atoms in total. The van der Waals surface area contributed by atoms with E-state index in [1.165, 1.54) is 24.9 Å². The normalized spacial score (nSPS) is 27.9. The van der Waals surface area contributed by atoms with Crippen LogP contribution >= 0.6 is 0 Å². The quantitative estimate of drug-likeness (QED) is 0.838. The molecule has 0 spiro atoms. The van der Waals surface area contributed by atoms with Crippen molar-refractivity contribution >= 4 is 5.69 Å². The van der Waals surface area contributed by atoms with Gasteiger partial charge >= 0.3 is 0 Å². The minimum Gasteiger partial charge on any atom is -0.495 e. The fraction of sp³-hybridized carbons (Fsp3) is 0.615. The summed E-state index contributed by atoms with van der Waals surface area (Å²) in [5.74, 6) is 0.838. The summed E-state index contributed by atoms with van der Waals surface area (Å²) >= 11 is 0. The zero-order chi connectivity index (χ0) is 11.7. The molecular formula is C13H19N3O.